The van der Waals surface area contributed by atoms with Crippen LogP contribution in [-0.4, -0.2) is 17.3 Å². The van der Waals surface area contributed by atoms with Crippen LogP contribution < -0.4 is 5.32 Å². The van der Waals surface area contributed by atoms with Crippen LogP contribution in [0.4, 0.5) is 5.82 Å². The van der Waals surface area contributed by atoms with Crippen LogP contribution in [-0.2, 0) is 11.2 Å². The minimum Gasteiger partial charge on any atom is -0.499 e. The molecule has 4 nitrogen and oxygen atoms in total. The third kappa shape index (κ3) is 2.11. The van der Waals surface area contributed by atoms with Crippen molar-refractivity contribution in [2.75, 3.05) is 12.4 Å². The molecule has 0 atom stereocenters. The second kappa shape index (κ2) is 5.21. The fraction of sp³-hybridized carbons (Fsp3) is 0.235. The highest BCUT2D eigenvalue weighted by molar-refractivity contribution is 6.29. The number of benzene rings is 1. The van der Waals surface area contributed by atoms with E-state index in [2.05, 4.69) is 39.8 Å². The number of rotatable bonds is 3. The van der Waals surface area contributed by atoms with E-state index in [-0.39, 0.29) is 0 Å². The predicted molar refractivity (Wildman–Crippen MR) is 87.7 cm³/mol. The number of allylic oxidation sites excluding steroid dienone is 3. The van der Waals surface area contributed by atoms with Crippen LogP contribution in [0.3, 0.4) is 0 Å². The Hall–Kier alpha value is -2.20. The molecule has 0 fully saturated rings. The van der Waals surface area contributed by atoms with Crippen molar-refractivity contribution in [2.45, 2.75) is 19.3 Å². The molecule has 0 saturated carbocycles. The van der Waals surface area contributed by atoms with Crippen LogP contribution in [0, 0.1) is 0 Å². The maximum Gasteiger partial charge on any atom is 0.156 e. The summed E-state index contributed by atoms with van der Waals surface area (Å²) < 4.78 is 5.46. The van der Waals surface area contributed by atoms with Crippen molar-refractivity contribution < 1.29 is 4.74 Å². The summed E-state index contributed by atoms with van der Waals surface area (Å²) in [5.74, 6) is 1.76. The van der Waals surface area contributed by atoms with Crippen molar-refractivity contribution in [3.8, 4) is 11.3 Å². The molecule has 5 heteroatoms. The first-order valence-electron chi connectivity index (χ1n) is 7.32. The normalized spacial score (nSPS) is 16.2. The molecule has 1 aromatic carbocycles. The van der Waals surface area contributed by atoms with Crippen LogP contribution in [0.15, 0.2) is 46.8 Å². The maximum atomic E-state index is 6.17. The molecule has 2 aliphatic carbocycles. The predicted octanol–water partition coefficient (Wildman–Crippen LogP) is 4.17. The van der Waals surface area contributed by atoms with E-state index < -0.39 is 0 Å². The Kier molecular flexibility index (Phi) is 3.19. The average molecular weight is 314 g/mol. The van der Waals surface area contributed by atoms with Gasteiger partial charge in [0.15, 0.2) is 5.82 Å². The largest absolute Gasteiger partial charge is 0.499 e. The summed E-state index contributed by atoms with van der Waals surface area (Å²) in [4.78, 5) is 0. The van der Waals surface area contributed by atoms with Gasteiger partial charge in [-0.25, -0.2) is 0 Å². The molecule has 1 heterocycles. The topological polar surface area (TPSA) is 49.9 Å². The van der Waals surface area contributed by atoms with Crippen LogP contribution in [0.5, 0.6) is 0 Å². The second-order valence-electron chi connectivity index (χ2n) is 5.52. The zero-order valence-electron chi connectivity index (χ0n) is 12.2. The van der Waals surface area contributed by atoms with E-state index in [9.17, 15) is 0 Å². The molecule has 0 saturated heterocycles. The van der Waals surface area contributed by atoms with Crippen molar-refractivity contribution in [3.05, 3.63) is 58.0 Å². The smallest absolute Gasteiger partial charge is 0.156 e. The Morgan fingerprint density at radius 3 is 3.00 bits per heavy atom. The molecule has 0 amide bonds. The van der Waals surface area contributed by atoms with Gasteiger partial charge in [-0.05, 0) is 18.1 Å². The lowest BCUT2D eigenvalue weighted by Crippen LogP contribution is -2.08. The first-order chi connectivity index (χ1) is 10.8. The molecule has 4 rings (SSSR count). The van der Waals surface area contributed by atoms with Gasteiger partial charge < -0.3 is 10.1 Å². The van der Waals surface area contributed by atoms with E-state index in [4.69, 9.17) is 16.3 Å². The van der Waals surface area contributed by atoms with Crippen LogP contribution in [0.1, 0.15) is 24.0 Å². The Labute approximate surface area is 133 Å². The van der Waals surface area contributed by atoms with E-state index in [0.29, 0.717) is 0 Å². The summed E-state index contributed by atoms with van der Waals surface area (Å²) in [7, 11) is 1.69. The number of anilines is 1. The number of hydrogen-bond acceptors (Lipinski definition) is 3. The van der Waals surface area contributed by atoms with E-state index in [1.165, 1.54) is 16.7 Å². The van der Waals surface area contributed by atoms with Crippen molar-refractivity contribution in [2.24, 2.45) is 0 Å². The van der Waals surface area contributed by atoms with Crippen LogP contribution in [0.25, 0.3) is 11.3 Å². The van der Waals surface area contributed by atoms with Gasteiger partial charge in [0.05, 0.1) is 18.5 Å². The highest BCUT2D eigenvalue weighted by Gasteiger charge is 2.25. The molecule has 112 valence electrons. The molecule has 2 N–H and O–H groups in total. The van der Waals surface area contributed by atoms with Crippen molar-refractivity contribution in [1.29, 1.82) is 0 Å². The van der Waals surface area contributed by atoms with Gasteiger partial charge in [0.25, 0.3) is 0 Å². The Balaban J connectivity index is 1.69. The lowest BCUT2D eigenvalue weighted by atomic mass is 10.1. The molecule has 22 heavy (non-hydrogen) atoms. The van der Waals surface area contributed by atoms with Crippen molar-refractivity contribution >= 4 is 17.4 Å². The van der Waals surface area contributed by atoms with Gasteiger partial charge in [-0.2, -0.15) is 5.10 Å². The van der Waals surface area contributed by atoms with Gasteiger partial charge >= 0.3 is 0 Å². The molecular weight excluding hydrogens is 298 g/mol. The summed E-state index contributed by atoms with van der Waals surface area (Å²) in [5.41, 5.74) is 5.75. The zero-order chi connectivity index (χ0) is 15.1. The molecular formula is C17H16ClN3O. The average Bonchev–Trinajstić information content (AvgIpc) is 3.08. The number of hydrogen-bond donors (Lipinski definition) is 2. The number of methoxy groups -OCH3 is 1. The van der Waals surface area contributed by atoms with Crippen LogP contribution >= 0.6 is 11.6 Å². The zero-order valence-corrected chi connectivity index (χ0v) is 13.0. The molecule has 0 spiro atoms. The number of ether oxygens (including phenoxy) is 1. The Bertz CT molecular complexity index is 804. The molecule has 2 aromatic rings. The lowest BCUT2D eigenvalue weighted by Gasteiger charge is -2.17. The number of halogens is 1. The molecule has 0 radical (unpaired) electrons. The molecule has 0 unspecified atom stereocenters. The molecule has 0 aliphatic heterocycles. The minimum atomic E-state index is 0.807. The number of aromatic amines is 1. The fourth-order valence-electron chi connectivity index (χ4n) is 3.09. The number of H-pyrrole nitrogens is 1. The van der Waals surface area contributed by atoms with Gasteiger partial charge in [0.1, 0.15) is 5.76 Å². The third-order valence-corrected chi connectivity index (χ3v) is 4.51. The fourth-order valence-corrected chi connectivity index (χ4v) is 3.30. The van der Waals surface area contributed by atoms with Gasteiger partial charge in [-0.1, -0.05) is 35.9 Å². The molecule has 0 bridgehead atoms. The monoisotopic (exact) mass is 313 g/mol. The van der Waals surface area contributed by atoms with E-state index in [1.54, 1.807) is 7.11 Å². The Morgan fingerprint density at radius 1 is 1.27 bits per heavy atom. The van der Waals surface area contributed by atoms with Crippen molar-refractivity contribution in [3.63, 3.8) is 0 Å². The minimum absolute atomic E-state index is 0.807. The summed E-state index contributed by atoms with van der Waals surface area (Å²) in [5, 5.41) is 11.8. The third-order valence-electron chi connectivity index (χ3n) is 4.21. The standard InChI is InChI=1S/C17H16ClN3O/c1-22-15-7-6-11(18)9-14(15)19-17-13-8-10-4-2-3-5-12(10)16(13)20-21-17/h2-5,9H,6-8H2,1H3,(H2,19,20,21). The molecule has 1 aromatic heterocycles. The first-order valence-corrected chi connectivity index (χ1v) is 7.70. The second-order valence-corrected chi connectivity index (χ2v) is 6.00. The van der Waals surface area contributed by atoms with E-state index in [0.717, 1.165) is 47.3 Å². The maximum absolute atomic E-state index is 6.17. The van der Waals surface area contributed by atoms with Gasteiger partial charge in [0, 0.05) is 29.0 Å². The number of nitrogens with one attached hydrogen (secondary N) is 2. The van der Waals surface area contributed by atoms with Gasteiger partial charge in [-0.15, -0.1) is 0 Å². The highest BCUT2D eigenvalue weighted by Crippen LogP contribution is 2.39. The highest BCUT2D eigenvalue weighted by atomic mass is 35.5. The molecule has 2 aliphatic rings. The summed E-state index contributed by atoms with van der Waals surface area (Å²) in [6, 6.07) is 8.40. The van der Waals surface area contributed by atoms with E-state index in [1.807, 2.05) is 6.08 Å². The van der Waals surface area contributed by atoms with E-state index >= 15 is 0 Å². The Morgan fingerprint density at radius 2 is 2.14 bits per heavy atom. The number of fused-ring (bicyclic) bond motifs is 3. The number of aromatic nitrogens is 2. The van der Waals surface area contributed by atoms with Gasteiger partial charge in [0.2, 0.25) is 0 Å². The summed E-state index contributed by atoms with van der Waals surface area (Å²) >= 11 is 6.17. The quantitative estimate of drug-likeness (QED) is 0.763. The number of nitrogens with zero attached hydrogens (tertiary/aromatic N) is 1. The lowest BCUT2D eigenvalue weighted by molar-refractivity contribution is 0.273. The first kappa shape index (κ1) is 13.5. The van der Waals surface area contributed by atoms with Crippen molar-refractivity contribution in [1.82, 2.24) is 10.2 Å². The SMILES string of the molecule is COC1=C(Nc2n[nH]c3c2Cc2ccccc2-3)C=C(Cl)CC1. The summed E-state index contributed by atoms with van der Waals surface area (Å²) in [6.45, 7) is 0. The van der Waals surface area contributed by atoms with Gasteiger partial charge in [-0.3, -0.25) is 5.10 Å². The van der Waals surface area contributed by atoms with Crippen LogP contribution in [0.2, 0.25) is 0 Å². The summed E-state index contributed by atoms with van der Waals surface area (Å²) in [6.07, 6.45) is 4.44.